The third kappa shape index (κ3) is 5.15. The van der Waals surface area contributed by atoms with E-state index in [0.29, 0.717) is 12.5 Å². The number of ether oxygens (including phenoxy) is 1. The van der Waals surface area contributed by atoms with Crippen molar-refractivity contribution in [2.24, 2.45) is 5.92 Å². The van der Waals surface area contributed by atoms with Crippen LogP contribution in [0, 0.1) is 5.92 Å². The highest BCUT2D eigenvalue weighted by atomic mass is 16.5. The molecule has 6 nitrogen and oxygen atoms in total. The number of rotatable bonds is 6. The molecule has 1 aromatic carbocycles. The zero-order chi connectivity index (χ0) is 20.8. The molecule has 164 valence electrons. The summed E-state index contributed by atoms with van der Waals surface area (Å²) < 4.78 is 5.54. The van der Waals surface area contributed by atoms with Crippen LogP contribution in [-0.4, -0.2) is 66.7 Å². The van der Waals surface area contributed by atoms with E-state index in [1.54, 1.807) is 0 Å². The van der Waals surface area contributed by atoms with Gasteiger partial charge in [-0.25, -0.2) is 4.79 Å². The molecular weight excluding hydrogens is 378 g/mol. The van der Waals surface area contributed by atoms with Crippen LogP contribution in [0.3, 0.4) is 0 Å². The van der Waals surface area contributed by atoms with Crippen molar-refractivity contribution < 1.29 is 14.3 Å². The van der Waals surface area contributed by atoms with Crippen LogP contribution in [0.4, 0.5) is 4.79 Å². The Bertz CT molecular complexity index is 693. The molecule has 2 aliphatic heterocycles. The zero-order valence-corrected chi connectivity index (χ0v) is 17.9. The van der Waals surface area contributed by atoms with E-state index in [2.05, 4.69) is 22.3 Å². The second-order valence-corrected chi connectivity index (χ2v) is 8.90. The van der Waals surface area contributed by atoms with E-state index in [9.17, 15) is 9.59 Å². The van der Waals surface area contributed by atoms with Crippen molar-refractivity contribution in [1.82, 2.24) is 15.1 Å². The molecule has 4 rings (SSSR count). The molecule has 3 aliphatic rings. The highest BCUT2D eigenvalue weighted by Gasteiger charge is 2.36. The molecule has 3 amide bonds. The molecule has 2 saturated heterocycles. The minimum atomic E-state index is 0.0431. The lowest BCUT2D eigenvalue weighted by atomic mass is 9.84. The number of nitrogens with zero attached hydrogens (tertiary/aromatic N) is 2. The first-order valence-corrected chi connectivity index (χ1v) is 11.7. The fourth-order valence-corrected chi connectivity index (χ4v) is 4.92. The van der Waals surface area contributed by atoms with E-state index in [1.807, 2.05) is 23.1 Å². The normalized spacial score (nSPS) is 21.1. The molecule has 0 unspecified atom stereocenters. The van der Waals surface area contributed by atoms with Crippen LogP contribution in [0.25, 0.3) is 0 Å². The van der Waals surface area contributed by atoms with Crippen molar-refractivity contribution >= 4 is 11.9 Å². The van der Waals surface area contributed by atoms with Gasteiger partial charge in [-0.15, -0.1) is 0 Å². The molecule has 6 heteroatoms. The first-order valence-electron chi connectivity index (χ1n) is 11.7. The number of carbonyl (C=O) groups excluding carboxylic acids is 2. The standard InChI is InChI=1S/C24H35N3O3/c28-23(20-7-4-8-20)26-15-10-21(11-16-26)27(22-12-17-30-18-13-22)24(29)25-14-9-19-5-2-1-3-6-19/h1-3,5-6,20-22H,4,7-18H2,(H,25,29). The van der Waals surface area contributed by atoms with Crippen LogP contribution < -0.4 is 5.32 Å². The molecular formula is C24H35N3O3. The van der Waals surface area contributed by atoms with Gasteiger partial charge in [0.15, 0.2) is 0 Å². The summed E-state index contributed by atoms with van der Waals surface area (Å²) in [5.41, 5.74) is 1.23. The van der Waals surface area contributed by atoms with Crippen molar-refractivity contribution in [2.45, 2.75) is 63.5 Å². The molecule has 3 fully saturated rings. The van der Waals surface area contributed by atoms with Crippen LogP contribution in [0.2, 0.25) is 0 Å². The van der Waals surface area contributed by atoms with Crippen molar-refractivity contribution in [2.75, 3.05) is 32.8 Å². The summed E-state index contributed by atoms with van der Waals surface area (Å²) in [4.78, 5) is 29.9. The summed E-state index contributed by atoms with van der Waals surface area (Å²) >= 11 is 0. The highest BCUT2D eigenvalue weighted by Crippen LogP contribution is 2.30. The van der Waals surface area contributed by atoms with Crippen molar-refractivity contribution in [3.05, 3.63) is 35.9 Å². The van der Waals surface area contributed by atoms with E-state index in [0.717, 1.165) is 71.2 Å². The van der Waals surface area contributed by atoms with E-state index < -0.39 is 0 Å². The Morgan fingerprint density at radius 3 is 2.27 bits per heavy atom. The Morgan fingerprint density at radius 1 is 0.967 bits per heavy atom. The van der Waals surface area contributed by atoms with Gasteiger partial charge in [0.1, 0.15) is 0 Å². The molecule has 1 aliphatic carbocycles. The third-order valence-electron chi connectivity index (χ3n) is 6.98. The molecule has 1 N–H and O–H groups in total. The SMILES string of the molecule is O=C(C1CCC1)N1CCC(N(C(=O)NCCc2ccccc2)C2CCOCC2)CC1. The van der Waals surface area contributed by atoms with Gasteiger partial charge in [0, 0.05) is 50.8 Å². The second kappa shape index (κ2) is 10.3. The number of carbonyl (C=O) groups is 2. The fraction of sp³-hybridized carbons (Fsp3) is 0.667. The van der Waals surface area contributed by atoms with Crippen molar-refractivity contribution in [1.29, 1.82) is 0 Å². The summed E-state index contributed by atoms with van der Waals surface area (Å²) in [6, 6.07) is 10.7. The molecule has 1 aromatic rings. The topological polar surface area (TPSA) is 61.9 Å². The van der Waals surface area contributed by atoms with Crippen LogP contribution in [0.15, 0.2) is 30.3 Å². The number of piperidine rings is 1. The molecule has 30 heavy (non-hydrogen) atoms. The third-order valence-corrected chi connectivity index (χ3v) is 6.98. The number of hydrogen-bond acceptors (Lipinski definition) is 3. The van der Waals surface area contributed by atoms with Crippen LogP contribution in [-0.2, 0) is 16.0 Å². The molecule has 2 heterocycles. The quantitative estimate of drug-likeness (QED) is 0.779. The smallest absolute Gasteiger partial charge is 0.317 e. The van der Waals surface area contributed by atoms with Gasteiger partial charge in [0.2, 0.25) is 5.91 Å². The second-order valence-electron chi connectivity index (χ2n) is 8.90. The fourth-order valence-electron chi connectivity index (χ4n) is 4.92. The van der Waals surface area contributed by atoms with Gasteiger partial charge in [-0.2, -0.15) is 0 Å². The van der Waals surface area contributed by atoms with Gasteiger partial charge in [-0.1, -0.05) is 36.8 Å². The van der Waals surface area contributed by atoms with Crippen molar-refractivity contribution in [3.8, 4) is 0 Å². The number of benzene rings is 1. The zero-order valence-electron chi connectivity index (χ0n) is 17.9. The van der Waals surface area contributed by atoms with Crippen LogP contribution in [0.1, 0.15) is 50.5 Å². The molecule has 0 spiro atoms. The molecule has 1 saturated carbocycles. The van der Waals surface area contributed by atoms with Crippen molar-refractivity contribution in [3.63, 3.8) is 0 Å². The van der Waals surface area contributed by atoms with Gasteiger partial charge >= 0.3 is 6.03 Å². The number of hydrogen-bond donors (Lipinski definition) is 1. The average Bonchev–Trinajstić information content (AvgIpc) is 2.75. The van der Waals surface area contributed by atoms with Gasteiger partial charge in [0.25, 0.3) is 0 Å². The largest absolute Gasteiger partial charge is 0.381 e. The van der Waals surface area contributed by atoms with E-state index >= 15 is 0 Å². The number of likely N-dealkylation sites (tertiary alicyclic amines) is 1. The maximum absolute atomic E-state index is 13.2. The Balaban J connectivity index is 1.33. The Labute approximate surface area is 179 Å². The summed E-state index contributed by atoms with van der Waals surface area (Å²) in [5.74, 6) is 0.596. The van der Waals surface area contributed by atoms with E-state index in [4.69, 9.17) is 4.74 Å². The predicted molar refractivity (Wildman–Crippen MR) is 116 cm³/mol. The Hall–Kier alpha value is -2.08. The molecule has 0 bridgehead atoms. The maximum Gasteiger partial charge on any atom is 0.317 e. The Kier molecular flexibility index (Phi) is 7.26. The summed E-state index contributed by atoms with van der Waals surface area (Å²) in [7, 11) is 0. The van der Waals surface area contributed by atoms with Gasteiger partial charge in [-0.05, 0) is 50.5 Å². The van der Waals surface area contributed by atoms with Gasteiger partial charge in [0.05, 0.1) is 0 Å². The minimum absolute atomic E-state index is 0.0431. The van der Waals surface area contributed by atoms with Crippen LogP contribution in [0.5, 0.6) is 0 Å². The maximum atomic E-state index is 13.2. The van der Waals surface area contributed by atoms with E-state index in [1.165, 1.54) is 12.0 Å². The molecule has 0 radical (unpaired) electrons. The first kappa shape index (κ1) is 21.2. The molecule has 0 aromatic heterocycles. The lowest BCUT2D eigenvalue weighted by molar-refractivity contribution is -0.139. The lowest BCUT2D eigenvalue weighted by Gasteiger charge is -2.44. The summed E-state index contributed by atoms with van der Waals surface area (Å²) in [6.07, 6.45) is 7.67. The first-order chi connectivity index (χ1) is 14.7. The highest BCUT2D eigenvalue weighted by molar-refractivity contribution is 5.79. The van der Waals surface area contributed by atoms with E-state index in [-0.39, 0.29) is 24.0 Å². The number of urea groups is 1. The molecule has 0 atom stereocenters. The van der Waals surface area contributed by atoms with Crippen LogP contribution >= 0.6 is 0 Å². The average molecular weight is 414 g/mol. The number of nitrogens with one attached hydrogen (secondary N) is 1. The van der Waals surface area contributed by atoms with Gasteiger partial charge in [-0.3, -0.25) is 4.79 Å². The Morgan fingerprint density at radius 2 is 1.63 bits per heavy atom. The summed E-state index contributed by atoms with van der Waals surface area (Å²) in [6.45, 7) is 3.63. The lowest BCUT2D eigenvalue weighted by Crippen LogP contribution is -2.57. The monoisotopic (exact) mass is 413 g/mol. The van der Waals surface area contributed by atoms with Gasteiger partial charge < -0.3 is 19.9 Å². The predicted octanol–water partition coefficient (Wildman–Crippen LogP) is 3.21. The minimum Gasteiger partial charge on any atom is -0.381 e. The number of amides is 3. The summed E-state index contributed by atoms with van der Waals surface area (Å²) in [5, 5.41) is 3.16.